The van der Waals surface area contributed by atoms with Crippen molar-refractivity contribution in [1.82, 2.24) is 0 Å². The molecule has 0 bridgehead atoms. The third-order valence-corrected chi connectivity index (χ3v) is 4.10. The van der Waals surface area contributed by atoms with Gasteiger partial charge in [-0.2, -0.15) is 0 Å². The maximum absolute atomic E-state index is 6.09. The minimum Gasteiger partial charge on any atom is -1.00 e. The van der Waals surface area contributed by atoms with Gasteiger partial charge in [-0.05, 0) is 29.7 Å². The molecule has 6 heteroatoms. The SMILES string of the molecule is COc1cc2cc[n+](CCOc3ccccc3Cl)cc2cc1OC.[Cl-]. The lowest BCUT2D eigenvalue weighted by Gasteiger charge is -2.09. The summed E-state index contributed by atoms with van der Waals surface area (Å²) in [5.41, 5.74) is 0. The Bertz CT molecular complexity index is 855. The van der Waals surface area contributed by atoms with Crippen molar-refractivity contribution in [2.75, 3.05) is 20.8 Å². The lowest BCUT2D eigenvalue weighted by molar-refractivity contribution is -0.696. The lowest BCUT2D eigenvalue weighted by atomic mass is 10.1. The van der Waals surface area contributed by atoms with Crippen molar-refractivity contribution in [3.63, 3.8) is 0 Å². The third-order valence-electron chi connectivity index (χ3n) is 3.78. The molecule has 1 heterocycles. The summed E-state index contributed by atoms with van der Waals surface area (Å²) in [4.78, 5) is 0. The maximum Gasteiger partial charge on any atom is 0.182 e. The summed E-state index contributed by atoms with van der Waals surface area (Å²) in [6, 6.07) is 13.5. The number of benzene rings is 2. The minimum absolute atomic E-state index is 0. The number of rotatable bonds is 6. The lowest BCUT2D eigenvalue weighted by Crippen LogP contribution is -3.00. The molecule has 0 amide bonds. The van der Waals surface area contributed by atoms with Crippen LogP contribution in [0.1, 0.15) is 0 Å². The van der Waals surface area contributed by atoms with Crippen LogP contribution >= 0.6 is 11.6 Å². The highest BCUT2D eigenvalue weighted by molar-refractivity contribution is 6.32. The van der Waals surface area contributed by atoms with Crippen molar-refractivity contribution in [1.29, 1.82) is 0 Å². The van der Waals surface area contributed by atoms with E-state index in [1.807, 2.05) is 48.7 Å². The summed E-state index contributed by atoms with van der Waals surface area (Å²) in [6.07, 6.45) is 4.08. The van der Waals surface area contributed by atoms with Crippen molar-refractivity contribution < 1.29 is 31.2 Å². The Morgan fingerprint density at radius 1 is 0.920 bits per heavy atom. The summed E-state index contributed by atoms with van der Waals surface area (Å²) in [5, 5.41) is 2.79. The Balaban J connectivity index is 0.00000225. The van der Waals surface area contributed by atoms with Crippen LogP contribution < -0.4 is 31.2 Å². The first kappa shape index (κ1) is 19.2. The molecule has 4 nitrogen and oxygen atoms in total. The zero-order valence-corrected chi connectivity index (χ0v) is 15.6. The van der Waals surface area contributed by atoms with E-state index in [4.69, 9.17) is 25.8 Å². The van der Waals surface area contributed by atoms with Gasteiger partial charge in [-0.25, -0.2) is 4.57 Å². The van der Waals surface area contributed by atoms with Crippen LogP contribution in [0.3, 0.4) is 0 Å². The zero-order valence-electron chi connectivity index (χ0n) is 14.0. The predicted octanol–water partition coefficient (Wildman–Crippen LogP) is 0.881. The molecule has 132 valence electrons. The molecule has 0 aliphatic heterocycles. The molecule has 0 N–H and O–H groups in total. The molecule has 0 atom stereocenters. The Labute approximate surface area is 158 Å². The van der Waals surface area contributed by atoms with E-state index < -0.39 is 0 Å². The summed E-state index contributed by atoms with van der Waals surface area (Å²) >= 11 is 6.09. The number of hydrogen-bond acceptors (Lipinski definition) is 3. The monoisotopic (exact) mass is 379 g/mol. The summed E-state index contributed by atoms with van der Waals surface area (Å²) in [7, 11) is 3.27. The van der Waals surface area contributed by atoms with Crippen LogP contribution in [0.15, 0.2) is 54.9 Å². The first-order valence-corrected chi connectivity index (χ1v) is 8.01. The molecule has 0 saturated heterocycles. The number of aromatic nitrogens is 1. The van der Waals surface area contributed by atoms with Gasteiger partial charge in [-0.15, -0.1) is 0 Å². The predicted molar refractivity (Wildman–Crippen MR) is 94.2 cm³/mol. The zero-order chi connectivity index (χ0) is 16.9. The van der Waals surface area contributed by atoms with Crippen molar-refractivity contribution in [3.8, 4) is 17.2 Å². The number of nitrogens with zero attached hydrogens (tertiary/aromatic N) is 1. The molecule has 0 spiro atoms. The number of hydrogen-bond donors (Lipinski definition) is 0. The van der Waals surface area contributed by atoms with Gasteiger partial charge in [0.05, 0.1) is 19.2 Å². The Morgan fingerprint density at radius 3 is 2.28 bits per heavy atom. The van der Waals surface area contributed by atoms with E-state index in [0.717, 1.165) is 28.8 Å². The van der Waals surface area contributed by atoms with Gasteiger partial charge in [0.15, 0.2) is 30.4 Å². The fourth-order valence-corrected chi connectivity index (χ4v) is 2.72. The molecule has 0 fully saturated rings. The average molecular weight is 380 g/mol. The maximum atomic E-state index is 6.09. The molecule has 0 saturated carbocycles. The second-order valence-electron chi connectivity index (χ2n) is 5.30. The molecule has 3 rings (SSSR count). The molecular formula is C19H19Cl2NO3. The van der Waals surface area contributed by atoms with E-state index >= 15 is 0 Å². The highest BCUT2D eigenvalue weighted by Crippen LogP contribution is 2.31. The van der Waals surface area contributed by atoms with Crippen molar-refractivity contribution >= 4 is 22.4 Å². The van der Waals surface area contributed by atoms with E-state index in [2.05, 4.69) is 10.8 Å². The number of halogens is 2. The quantitative estimate of drug-likeness (QED) is 0.596. The van der Waals surface area contributed by atoms with Gasteiger partial charge in [0.1, 0.15) is 12.4 Å². The Kier molecular flexibility index (Phi) is 6.73. The summed E-state index contributed by atoms with van der Waals surface area (Å²) in [5.74, 6) is 2.15. The van der Waals surface area contributed by atoms with E-state index in [1.165, 1.54) is 0 Å². The van der Waals surface area contributed by atoms with Crippen LogP contribution in [0.5, 0.6) is 17.2 Å². The van der Waals surface area contributed by atoms with Crippen LogP contribution in [-0.4, -0.2) is 20.8 Å². The van der Waals surface area contributed by atoms with E-state index in [9.17, 15) is 0 Å². The molecule has 0 radical (unpaired) electrons. The van der Waals surface area contributed by atoms with Gasteiger partial charge in [-0.3, -0.25) is 0 Å². The van der Waals surface area contributed by atoms with Crippen molar-refractivity contribution in [3.05, 3.63) is 59.9 Å². The molecule has 3 aromatic rings. The standard InChI is InChI=1S/C19H19ClNO3.ClH/c1-22-18-11-14-7-8-21(13-15(14)12-19(18)23-2)9-10-24-17-6-4-3-5-16(17)20;/h3-8,11-13H,9-10H2,1-2H3;1H/q+1;/p-1. The normalized spacial score (nSPS) is 10.2. The summed E-state index contributed by atoms with van der Waals surface area (Å²) in [6.45, 7) is 1.25. The summed E-state index contributed by atoms with van der Waals surface area (Å²) < 4.78 is 18.5. The van der Waals surface area contributed by atoms with Gasteiger partial charge in [0, 0.05) is 11.5 Å². The van der Waals surface area contributed by atoms with Crippen LogP contribution in [0.4, 0.5) is 0 Å². The number of ether oxygens (including phenoxy) is 3. The molecule has 0 aliphatic carbocycles. The Morgan fingerprint density at radius 2 is 1.60 bits per heavy atom. The van der Waals surface area contributed by atoms with E-state index in [0.29, 0.717) is 17.4 Å². The largest absolute Gasteiger partial charge is 1.00 e. The van der Waals surface area contributed by atoms with E-state index in [-0.39, 0.29) is 12.4 Å². The van der Waals surface area contributed by atoms with Crippen LogP contribution in [0.2, 0.25) is 5.02 Å². The second-order valence-corrected chi connectivity index (χ2v) is 5.70. The number of fused-ring (bicyclic) bond motifs is 1. The smallest absolute Gasteiger partial charge is 0.182 e. The first-order chi connectivity index (χ1) is 11.7. The van der Waals surface area contributed by atoms with Gasteiger partial charge in [-0.1, -0.05) is 23.7 Å². The van der Waals surface area contributed by atoms with Gasteiger partial charge < -0.3 is 26.6 Å². The van der Waals surface area contributed by atoms with E-state index in [1.54, 1.807) is 14.2 Å². The minimum atomic E-state index is 0. The third kappa shape index (κ3) is 4.47. The van der Waals surface area contributed by atoms with Crippen LogP contribution in [-0.2, 0) is 6.54 Å². The van der Waals surface area contributed by atoms with Crippen LogP contribution in [0.25, 0.3) is 10.8 Å². The highest BCUT2D eigenvalue weighted by Gasteiger charge is 2.10. The molecular weight excluding hydrogens is 361 g/mol. The van der Waals surface area contributed by atoms with Crippen LogP contribution in [0, 0.1) is 0 Å². The number of methoxy groups -OCH3 is 2. The molecule has 25 heavy (non-hydrogen) atoms. The van der Waals surface area contributed by atoms with Gasteiger partial charge in [0.2, 0.25) is 0 Å². The van der Waals surface area contributed by atoms with Gasteiger partial charge in [0.25, 0.3) is 0 Å². The fraction of sp³-hybridized carbons (Fsp3) is 0.211. The Hall–Kier alpha value is -2.17. The highest BCUT2D eigenvalue weighted by atomic mass is 35.5. The van der Waals surface area contributed by atoms with Crippen molar-refractivity contribution in [2.45, 2.75) is 6.54 Å². The molecule has 2 aromatic carbocycles. The molecule has 1 aromatic heterocycles. The van der Waals surface area contributed by atoms with Crippen molar-refractivity contribution in [2.24, 2.45) is 0 Å². The first-order valence-electron chi connectivity index (χ1n) is 7.63. The fourth-order valence-electron chi connectivity index (χ4n) is 2.53. The average Bonchev–Trinajstić information content (AvgIpc) is 2.62. The van der Waals surface area contributed by atoms with Gasteiger partial charge >= 0.3 is 0 Å². The number of para-hydroxylation sites is 1. The molecule has 0 unspecified atom stereocenters. The number of pyridine rings is 1. The molecule has 0 aliphatic rings. The topological polar surface area (TPSA) is 31.6 Å². The second kappa shape index (κ2) is 8.79.